The van der Waals surface area contributed by atoms with Crippen molar-refractivity contribution >= 4 is 10.2 Å². The number of likely N-dealkylation sites (N-methyl/N-ethyl adjacent to an activating group) is 2. The number of rotatable bonds is 5. The Hall–Kier alpha value is -0.170. The molecule has 5 nitrogen and oxygen atoms in total. The van der Waals surface area contributed by atoms with Crippen molar-refractivity contribution in [1.29, 1.82) is 0 Å². The summed E-state index contributed by atoms with van der Waals surface area (Å²) in [5.74, 6) is 0. The van der Waals surface area contributed by atoms with Gasteiger partial charge in [-0.3, -0.25) is 0 Å². The molecule has 0 aliphatic carbocycles. The Morgan fingerprint density at radius 3 is 1.94 bits per heavy atom. The standard InChI is InChI=1S/C11H25N3O2S/c1-12(2)10-11-13(3)17(15,16)14-8-6-4-5-7-9-14/h4-11H2,1-3H3. The minimum atomic E-state index is -3.24. The summed E-state index contributed by atoms with van der Waals surface area (Å²) in [6.45, 7) is 2.65. The molecule has 1 rings (SSSR count). The average molecular weight is 263 g/mol. The highest BCUT2D eigenvalue weighted by Gasteiger charge is 2.26. The van der Waals surface area contributed by atoms with Crippen LogP contribution < -0.4 is 0 Å². The Kier molecular flexibility index (Phi) is 5.85. The van der Waals surface area contributed by atoms with E-state index >= 15 is 0 Å². The van der Waals surface area contributed by atoms with Crippen LogP contribution in [0.1, 0.15) is 25.7 Å². The molecule has 0 spiro atoms. The van der Waals surface area contributed by atoms with E-state index in [1.54, 1.807) is 11.4 Å². The summed E-state index contributed by atoms with van der Waals surface area (Å²) in [6.07, 6.45) is 4.27. The molecule has 0 saturated carbocycles. The maximum Gasteiger partial charge on any atom is 0.281 e. The average Bonchev–Trinajstić information content (AvgIpc) is 2.54. The Morgan fingerprint density at radius 2 is 1.47 bits per heavy atom. The normalized spacial score (nSPS) is 19.8. The van der Waals surface area contributed by atoms with E-state index in [2.05, 4.69) is 0 Å². The Labute approximate surface area is 106 Å². The predicted octanol–water partition coefficient (Wildman–Crippen LogP) is 0.601. The van der Waals surface area contributed by atoms with E-state index in [4.69, 9.17) is 0 Å². The molecule has 0 aromatic heterocycles. The van der Waals surface area contributed by atoms with Gasteiger partial charge in [-0.1, -0.05) is 12.8 Å². The molecular formula is C11H25N3O2S. The zero-order chi connectivity index (χ0) is 12.9. The lowest BCUT2D eigenvalue weighted by molar-refractivity contribution is 0.328. The molecule has 17 heavy (non-hydrogen) atoms. The van der Waals surface area contributed by atoms with Gasteiger partial charge in [0, 0.05) is 33.2 Å². The summed E-state index contributed by atoms with van der Waals surface area (Å²) in [6, 6.07) is 0. The van der Waals surface area contributed by atoms with Gasteiger partial charge < -0.3 is 4.90 Å². The van der Waals surface area contributed by atoms with E-state index in [-0.39, 0.29) is 0 Å². The third-order valence-corrected chi connectivity index (χ3v) is 5.14. The summed E-state index contributed by atoms with van der Waals surface area (Å²) < 4.78 is 27.7. The third-order valence-electron chi connectivity index (χ3n) is 3.15. The van der Waals surface area contributed by atoms with Gasteiger partial charge in [0.1, 0.15) is 0 Å². The van der Waals surface area contributed by atoms with Crippen molar-refractivity contribution in [1.82, 2.24) is 13.5 Å². The van der Waals surface area contributed by atoms with Gasteiger partial charge in [0.05, 0.1) is 0 Å². The second-order valence-corrected chi connectivity index (χ2v) is 6.98. The van der Waals surface area contributed by atoms with Crippen LogP contribution in [0.25, 0.3) is 0 Å². The molecule has 0 radical (unpaired) electrons. The monoisotopic (exact) mass is 263 g/mol. The Balaban J connectivity index is 2.58. The van der Waals surface area contributed by atoms with Gasteiger partial charge in [0.25, 0.3) is 10.2 Å². The first-order valence-electron chi connectivity index (χ1n) is 6.31. The zero-order valence-electron chi connectivity index (χ0n) is 11.2. The van der Waals surface area contributed by atoms with Gasteiger partial charge in [0.2, 0.25) is 0 Å². The molecule has 102 valence electrons. The first-order valence-corrected chi connectivity index (χ1v) is 7.70. The van der Waals surface area contributed by atoms with Crippen molar-refractivity contribution in [2.24, 2.45) is 0 Å². The van der Waals surface area contributed by atoms with Gasteiger partial charge in [0.15, 0.2) is 0 Å². The maximum atomic E-state index is 12.3. The Morgan fingerprint density at radius 1 is 0.941 bits per heavy atom. The number of hydrogen-bond acceptors (Lipinski definition) is 3. The van der Waals surface area contributed by atoms with Gasteiger partial charge in [-0.2, -0.15) is 17.0 Å². The molecule has 1 saturated heterocycles. The molecule has 0 unspecified atom stereocenters. The quantitative estimate of drug-likeness (QED) is 0.729. The number of nitrogens with zero attached hydrogens (tertiary/aromatic N) is 3. The topological polar surface area (TPSA) is 43.9 Å². The van der Waals surface area contributed by atoms with Crippen molar-refractivity contribution in [3.05, 3.63) is 0 Å². The van der Waals surface area contributed by atoms with Crippen LogP contribution in [0.2, 0.25) is 0 Å². The van der Waals surface area contributed by atoms with Crippen LogP contribution in [0.5, 0.6) is 0 Å². The van der Waals surface area contributed by atoms with E-state index in [1.165, 1.54) is 4.31 Å². The van der Waals surface area contributed by atoms with Gasteiger partial charge in [-0.15, -0.1) is 0 Å². The van der Waals surface area contributed by atoms with E-state index in [1.807, 2.05) is 19.0 Å². The molecule has 1 heterocycles. The molecule has 6 heteroatoms. The zero-order valence-corrected chi connectivity index (χ0v) is 12.0. The highest BCUT2D eigenvalue weighted by molar-refractivity contribution is 7.86. The number of hydrogen-bond donors (Lipinski definition) is 0. The van der Waals surface area contributed by atoms with Gasteiger partial charge in [-0.05, 0) is 26.9 Å². The summed E-state index contributed by atoms with van der Waals surface area (Å²) >= 11 is 0. The first kappa shape index (κ1) is 14.9. The van der Waals surface area contributed by atoms with Crippen molar-refractivity contribution in [3.8, 4) is 0 Å². The largest absolute Gasteiger partial charge is 0.308 e. The van der Waals surface area contributed by atoms with Crippen molar-refractivity contribution < 1.29 is 8.42 Å². The molecule has 1 aliphatic rings. The lowest BCUT2D eigenvalue weighted by atomic mass is 10.2. The summed E-state index contributed by atoms with van der Waals surface area (Å²) in [7, 11) is 2.33. The van der Waals surface area contributed by atoms with Gasteiger partial charge in [-0.25, -0.2) is 0 Å². The molecule has 0 aromatic carbocycles. The van der Waals surface area contributed by atoms with Gasteiger partial charge >= 0.3 is 0 Å². The molecule has 1 fully saturated rings. The predicted molar refractivity (Wildman–Crippen MR) is 70.1 cm³/mol. The van der Waals surface area contributed by atoms with Crippen LogP contribution in [0.4, 0.5) is 0 Å². The lowest BCUT2D eigenvalue weighted by Crippen LogP contribution is -2.44. The van der Waals surface area contributed by atoms with E-state index in [9.17, 15) is 8.42 Å². The highest BCUT2D eigenvalue weighted by atomic mass is 32.2. The molecule has 0 bridgehead atoms. The summed E-state index contributed by atoms with van der Waals surface area (Å²) in [5.41, 5.74) is 0. The summed E-state index contributed by atoms with van der Waals surface area (Å²) in [4.78, 5) is 1.99. The third kappa shape index (κ3) is 4.54. The molecular weight excluding hydrogens is 238 g/mol. The molecule has 0 aromatic rings. The maximum absolute atomic E-state index is 12.3. The fourth-order valence-corrected chi connectivity index (χ4v) is 3.35. The SMILES string of the molecule is CN(C)CCN(C)S(=O)(=O)N1CCCCCC1. The highest BCUT2D eigenvalue weighted by Crippen LogP contribution is 2.15. The van der Waals surface area contributed by atoms with Crippen LogP contribution in [0.15, 0.2) is 0 Å². The van der Waals surface area contributed by atoms with E-state index < -0.39 is 10.2 Å². The fraction of sp³-hybridized carbons (Fsp3) is 1.00. The lowest BCUT2D eigenvalue weighted by Gasteiger charge is -2.27. The van der Waals surface area contributed by atoms with Crippen molar-refractivity contribution in [2.75, 3.05) is 47.3 Å². The minimum Gasteiger partial charge on any atom is -0.308 e. The van der Waals surface area contributed by atoms with Crippen LogP contribution in [-0.4, -0.2) is 69.3 Å². The Bertz CT molecular complexity index is 309. The fourth-order valence-electron chi connectivity index (χ4n) is 1.93. The molecule has 0 atom stereocenters. The van der Waals surface area contributed by atoms with E-state index in [0.29, 0.717) is 19.6 Å². The van der Waals surface area contributed by atoms with E-state index in [0.717, 1.165) is 32.2 Å². The molecule has 0 amide bonds. The second-order valence-electron chi connectivity index (χ2n) is 4.95. The minimum absolute atomic E-state index is 0.547. The van der Waals surface area contributed by atoms with Crippen LogP contribution in [0.3, 0.4) is 0 Å². The van der Waals surface area contributed by atoms with Crippen molar-refractivity contribution in [3.63, 3.8) is 0 Å². The first-order chi connectivity index (χ1) is 7.94. The summed E-state index contributed by atoms with van der Waals surface area (Å²) in [5, 5.41) is 0. The van der Waals surface area contributed by atoms with Crippen molar-refractivity contribution in [2.45, 2.75) is 25.7 Å². The van der Waals surface area contributed by atoms with Crippen LogP contribution >= 0.6 is 0 Å². The van der Waals surface area contributed by atoms with Crippen LogP contribution in [0, 0.1) is 0 Å². The second kappa shape index (κ2) is 6.68. The smallest absolute Gasteiger partial charge is 0.281 e. The molecule has 1 aliphatic heterocycles. The molecule has 0 N–H and O–H groups in total. The van der Waals surface area contributed by atoms with Crippen LogP contribution in [-0.2, 0) is 10.2 Å².